The largest absolute Gasteiger partial charge is 0.309 e. The summed E-state index contributed by atoms with van der Waals surface area (Å²) in [6, 6.07) is 81.8. The van der Waals surface area contributed by atoms with Gasteiger partial charge < -0.3 is 9.13 Å². The molecule has 2 heterocycles. The van der Waals surface area contributed by atoms with Gasteiger partial charge in [-0.1, -0.05) is 185 Å². The van der Waals surface area contributed by atoms with Gasteiger partial charge >= 0.3 is 0 Å². The topological polar surface area (TPSA) is 9.86 Å². The maximum Gasteiger partial charge on any atom is 0.0547 e. The molecule has 0 saturated heterocycles. The molecule has 2 aromatic heterocycles. The molecule has 2 aliphatic rings. The molecule has 0 spiro atoms. The summed E-state index contributed by atoms with van der Waals surface area (Å²) in [6.45, 7) is 9.45. The van der Waals surface area contributed by atoms with Gasteiger partial charge in [0.2, 0.25) is 0 Å². The van der Waals surface area contributed by atoms with Crippen molar-refractivity contribution in [3.8, 4) is 67.0 Å². The van der Waals surface area contributed by atoms with Gasteiger partial charge in [-0.25, -0.2) is 0 Å². The summed E-state index contributed by atoms with van der Waals surface area (Å²) in [4.78, 5) is 0. The molecule has 10 aromatic carbocycles. The number of hydrogen-bond acceptors (Lipinski definition) is 0. The van der Waals surface area contributed by atoms with Gasteiger partial charge in [0, 0.05) is 43.7 Å². The minimum atomic E-state index is -0.0789. The summed E-state index contributed by atoms with van der Waals surface area (Å²) in [7, 11) is 0. The number of hydrogen-bond donors (Lipinski definition) is 0. The van der Waals surface area contributed by atoms with Crippen molar-refractivity contribution in [1.82, 2.24) is 9.13 Å². The average Bonchev–Trinajstić information content (AvgIpc) is 4.04. The van der Waals surface area contributed by atoms with Crippen LogP contribution in [0.3, 0.4) is 0 Å². The molecule has 0 atom stereocenters. The van der Waals surface area contributed by atoms with E-state index in [0.29, 0.717) is 0 Å². The van der Waals surface area contributed by atoms with Crippen LogP contribution in [0.4, 0.5) is 0 Å². The SMILES string of the molecule is CC1(C)c2ccccc2-c2ccc(-n3c4ccccc4c4ccc(-c5cccc(-c6cccc(-c7ccc8c9ccccc9n(-c9ccc%10c(c9)C(C)(C)c9ccccc9-%10)c8c7)c6)c5)cc43)cc21. The second kappa shape index (κ2) is 14.2. The fourth-order valence-corrected chi connectivity index (χ4v) is 12.3. The molecule has 0 radical (unpaired) electrons. The molecule has 12 aromatic rings. The van der Waals surface area contributed by atoms with Crippen LogP contribution in [0.1, 0.15) is 49.9 Å². The first kappa shape index (κ1) is 39.0. The van der Waals surface area contributed by atoms with Gasteiger partial charge in [0.05, 0.1) is 22.1 Å². The van der Waals surface area contributed by atoms with Crippen LogP contribution >= 0.6 is 0 Å². The van der Waals surface area contributed by atoms with Crippen molar-refractivity contribution in [2.24, 2.45) is 0 Å². The van der Waals surface area contributed by atoms with Gasteiger partial charge in [0.15, 0.2) is 0 Å². The van der Waals surface area contributed by atoms with Gasteiger partial charge in [-0.3, -0.25) is 0 Å². The van der Waals surface area contributed by atoms with E-state index in [-0.39, 0.29) is 10.8 Å². The Labute approximate surface area is 397 Å². The summed E-state index contributed by atoms with van der Waals surface area (Å²) in [6.07, 6.45) is 0. The van der Waals surface area contributed by atoms with Gasteiger partial charge in [-0.05, 0) is 139 Å². The normalized spacial score (nSPS) is 14.1. The fraction of sp³-hybridized carbons (Fsp3) is 0.0909. The Morgan fingerprint density at radius 1 is 0.250 bits per heavy atom. The van der Waals surface area contributed by atoms with E-state index < -0.39 is 0 Å². The Balaban J connectivity index is 0.848. The van der Waals surface area contributed by atoms with E-state index in [1.807, 2.05) is 0 Å². The number of benzene rings is 10. The van der Waals surface area contributed by atoms with Crippen LogP contribution in [0, 0.1) is 0 Å². The molecular formula is C66H48N2. The third-order valence-corrected chi connectivity index (χ3v) is 15.7. The first-order chi connectivity index (χ1) is 33.2. The minimum Gasteiger partial charge on any atom is -0.309 e. The molecule has 0 unspecified atom stereocenters. The van der Waals surface area contributed by atoms with Gasteiger partial charge in [0.1, 0.15) is 0 Å². The van der Waals surface area contributed by atoms with Crippen LogP contribution in [-0.4, -0.2) is 9.13 Å². The fourth-order valence-electron chi connectivity index (χ4n) is 12.3. The standard InChI is InChI=1S/C66H48N2/c1-65(2)57-23-9-5-19-49(57)51-33-29-47(39-59(51)65)67-61-25-11-7-21-53(61)55-31-27-45(37-63(55)67)43-17-13-15-41(35-43)42-16-14-18-44(36-42)46-28-32-56-54-22-8-12-26-62(54)68(64(56)38-46)48-30-34-52-50-20-6-10-24-58(50)66(3,4)60(52)40-48/h5-40H,1-4H3. The molecule has 0 aliphatic heterocycles. The van der Waals surface area contributed by atoms with Crippen molar-refractivity contribution in [3.63, 3.8) is 0 Å². The lowest BCUT2D eigenvalue weighted by atomic mass is 9.82. The Hall–Kier alpha value is -8.20. The Morgan fingerprint density at radius 3 is 1.04 bits per heavy atom. The number of aromatic nitrogens is 2. The van der Waals surface area contributed by atoms with E-state index in [4.69, 9.17) is 0 Å². The van der Waals surface area contributed by atoms with Crippen molar-refractivity contribution >= 4 is 43.6 Å². The lowest BCUT2D eigenvalue weighted by Crippen LogP contribution is -2.15. The van der Waals surface area contributed by atoms with E-state index >= 15 is 0 Å². The molecule has 0 fully saturated rings. The second-order valence-electron chi connectivity index (χ2n) is 20.1. The predicted octanol–water partition coefficient (Wildman–Crippen LogP) is 17.5. The third kappa shape index (κ3) is 5.52. The van der Waals surface area contributed by atoms with Crippen LogP contribution in [0.5, 0.6) is 0 Å². The molecule has 68 heavy (non-hydrogen) atoms. The van der Waals surface area contributed by atoms with Crippen molar-refractivity contribution in [2.45, 2.75) is 38.5 Å². The average molecular weight is 869 g/mol. The molecule has 0 amide bonds. The zero-order valence-corrected chi connectivity index (χ0v) is 38.7. The van der Waals surface area contributed by atoms with Crippen molar-refractivity contribution in [1.29, 1.82) is 0 Å². The van der Waals surface area contributed by atoms with Crippen LogP contribution in [0.25, 0.3) is 111 Å². The molecule has 2 nitrogen and oxygen atoms in total. The lowest BCUT2D eigenvalue weighted by molar-refractivity contribution is 0.660. The van der Waals surface area contributed by atoms with Crippen LogP contribution in [0.15, 0.2) is 218 Å². The quantitative estimate of drug-likeness (QED) is 0.163. The summed E-state index contributed by atoms with van der Waals surface area (Å²) >= 11 is 0. The maximum absolute atomic E-state index is 2.47. The number of para-hydroxylation sites is 2. The first-order valence-corrected chi connectivity index (χ1v) is 24.0. The van der Waals surface area contributed by atoms with Crippen LogP contribution in [-0.2, 0) is 10.8 Å². The molecule has 2 aliphatic carbocycles. The molecule has 0 N–H and O–H groups in total. The number of nitrogens with zero attached hydrogens (tertiary/aromatic N) is 2. The summed E-state index contributed by atoms with van der Waals surface area (Å²) < 4.78 is 4.95. The molecule has 2 heteroatoms. The van der Waals surface area contributed by atoms with E-state index in [2.05, 4.69) is 255 Å². The van der Waals surface area contributed by atoms with E-state index in [9.17, 15) is 0 Å². The predicted molar refractivity (Wildman–Crippen MR) is 287 cm³/mol. The minimum absolute atomic E-state index is 0.0789. The van der Waals surface area contributed by atoms with E-state index in [0.717, 1.165) is 0 Å². The Bertz CT molecular complexity index is 3830. The molecular weight excluding hydrogens is 821 g/mol. The number of rotatable bonds is 5. The summed E-state index contributed by atoms with van der Waals surface area (Å²) in [5.41, 5.74) is 25.2. The molecule has 0 saturated carbocycles. The number of fused-ring (bicyclic) bond motifs is 12. The summed E-state index contributed by atoms with van der Waals surface area (Å²) in [5.74, 6) is 0. The highest BCUT2D eigenvalue weighted by Crippen LogP contribution is 2.51. The monoisotopic (exact) mass is 868 g/mol. The lowest BCUT2D eigenvalue weighted by Gasteiger charge is -2.22. The molecule has 14 rings (SSSR count). The maximum atomic E-state index is 2.47. The smallest absolute Gasteiger partial charge is 0.0547 e. The Morgan fingerprint density at radius 2 is 0.603 bits per heavy atom. The van der Waals surface area contributed by atoms with Crippen molar-refractivity contribution in [2.75, 3.05) is 0 Å². The van der Waals surface area contributed by atoms with Crippen LogP contribution < -0.4 is 0 Å². The van der Waals surface area contributed by atoms with E-state index in [1.165, 1.54) is 133 Å². The highest BCUT2D eigenvalue weighted by Gasteiger charge is 2.37. The highest BCUT2D eigenvalue weighted by molar-refractivity contribution is 6.11. The second-order valence-corrected chi connectivity index (χ2v) is 20.1. The van der Waals surface area contributed by atoms with E-state index in [1.54, 1.807) is 0 Å². The van der Waals surface area contributed by atoms with Crippen molar-refractivity contribution < 1.29 is 0 Å². The first-order valence-electron chi connectivity index (χ1n) is 24.0. The van der Waals surface area contributed by atoms with Crippen molar-refractivity contribution in [3.05, 3.63) is 241 Å². The summed E-state index contributed by atoms with van der Waals surface area (Å²) in [5, 5.41) is 5.06. The molecule has 0 bridgehead atoms. The third-order valence-electron chi connectivity index (χ3n) is 15.7. The van der Waals surface area contributed by atoms with Gasteiger partial charge in [0.25, 0.3) is 0 Å². The van der Waals surface area contributed by atoms with Gasteiger partial charge in [-0.2, -0.15) is 0 Å². The van der Waals surface area contributed by atoms with Gasteiger partial charge in [-0.15, -0.1) is 0 Å². The molecule has 322 valence electrons. The zero-order chi connectivity index (χ0) is 45.5. The highest BCUT2D eigenvalue weighted by atomic mass is 15.0. The Kier molecular flexibility index (Phi) is 8.12. The van der Waals surface area contributed by atoms with Crippen LogP contribution in [0.2, 0.25) is 0 Å². The zero-order valence-electron chi connectivity index (χ0n) is 38.7.